The lowest BCUT2D eigenvalue weighted by atomic mass is 10.3. The second-order valence-electron chi connectivity index (χ2n) is 3.18. The molecule has 4 heteroatoms. The molecular weight excluding hydrogens is 156 g/mol. The number of hydroxylamine groups is 1. The molecule has 2 heterocycles. The summed E-state index contributed by atoms with van der Waals surface area (Å²) in [5.74, 6) is 0. The van der Waals surface area contributed by atoms with E-state index in [0.29, 0.717) is 0 Å². The van der Waals surface area contributed by atoms with E-state index in [1.54, 1.807) is 0 Å². The predicted molar refractivity (Wildman–Crippen MR) is 44.3 cm³/mol. The third-order valence-corrected chi connectivity index (χ3v) is 2.29. The number of rotatable bonds is 1. The van der Waals surface area contributed by atoms with Gasteiger partial charge in [0, 0.05) is 19.6 Å². The van der Waals surface area contributed by atoms with Crippen molar-refractivity contribution < 1.29 is 9.57 Å². The van der Waals surface area contributed by atoms with Gasteiger partial charge in [-0.05, 0) is 12.8 Å². The molecule has 0 amide bonds. The molecule has 0 atom stereocenters. The minimum Gasteiger partial charge on any atom is -0.379 e. The summed E-state index contributed by atoms with van der Waals surface area (Å²) >= 11 is 0. The van der Waals surface area contributed by atoms with Gasteiger partial charge in [0.05, 0.1) is 19.8 Å². The smallest absolute Gasteiger partial charge is 0.0702 e. The van der Waals surface area contributed by atoms with Crippen molar-refractivity contribution in [2.75, 3.05) is 39.5 Å². The van der Waals surface area contributed by atoms with E-state index < -0.39 is 0 Å². The normalized spacial score (nSPS) is 29.0. The van der Waals surface area contributed by atoms with E-state index in [1.807, 2.05) is 5.17 Å². The lowest BCUT2D eigenvalue weighted by Crippen LogP contribution is -2.50. The van der Waals surface area contributed by atoms with Crippen LogP contribution in [0.3, 0.4) is 0 Å². The first-order valence-electron chi connectivity index (χ1n) is 4.70. The fourth-order valence-corrected chi connectivity index (χ4v) is 1.58. The van der Waals surface area contributed by atoms with Gasteiger partial charge >= 0.3 is 0 Å². The maximum Gasteiger partial charge on any atom is 0.0702 e. The van der Waals surface area contributed by atoms with Crippen LogP contribution in [0.2, 0.25) is 0 Å². The highest BCUT2D eigenvalue weighted by molar-refractivity contribution is 4.59. The quantitative estimate of drug-likeness (QED) is 0.566. The van der Waals surface area contributed by atoms with Gasteiger partial charge in [-0.25, -0.2) is 5.01 Å². The van der Waals surface area contributed by atoms with E-state index in [1.165, 1.54) is 12.8 Å². The Bertz CT molecular complexity index is 115. The maximum atomic E-state index is 5.52. The van der Waals surface area contributed by atoms with Crippen molar-refractivity contribution in [2.24, 2.45) is 0 Å². The highest BCUT2D eigenvalue weighted by atomic mass is 16.7. The SMILES string of the molecule is C1CCN(N2CCOCC2)OC1. The molecule has 0 bridgehead atoms. The Hall–Kier alpha value is -0.160. The summed E-state index contributed by atoms with van der Waals surface area (Å²) in [5, 5.41) is 4.24. The van der Waals surface area contributed by atoms with Gasteiger partial charge in [-0.3, -0.25) is 4.84 Å². The van der Waals surface area contributed by atoms with Gasteiger partial charge in [0.2, 0.25) is 0 Å². The van der Waals surface area contributed by atoms with E-state index in [-0.39, 0.29) is 0 Å². The van der Waals surface area contributed by atoms with Crippen LogP contribution in [-0.4, -0.2) is 49.6 Å². The fourth-order valence-electron chi connectivity index (χ4n) is 1.58. The second kappa shape index (κ2) is 4.18. The Morgan fingerprint density at radius 2 is 1.67 bits per heavy atom. The minimum atomic E-state index is 0.833. The molecule has 0 spiro atoms. The van der Waals surface area contributed by atoms with Gasteiger partial charge in [0.25, 0.3) is 0 Å². The third kappa shape index (κ3) is 1.95. The molecule has 0 N–H and O–H groups in total. The third-order valence-electron chi connectivity index (χ3n) is 2.29. The molecule has 2 aliphatic rings. The van der Waals surface area contributed by atoms with Gasteiger partial charge < -0.3 is 4.74 Å². The minimum absolute atomic E-state index is 0.833. The molecule has 2 aliphatic heterocycles. The molecule has 0 aromatic carbocycles. The zero-order valence-corrected chi connectivity index (χ0v) is 7.37. The first kappa shape index (κ1) is 8.44. The van der Waals surface area contributed by atoms with Crippen molar-refractivity contribution in [1.29, 1.82) is 0 Å². The zero-order valence-electron chi connectivity index (χ0n) is 7.37. The lowest BCUT2D eigenvalue weighted by Gasteiger charge is -2.38. The standard InChI is InChI=1S/C8H16N2O2/c1-2-6-12-10(3-1)9-4-7-11-8-5-9/h1-8H2. The zero-order chi connectivity index (χ0) is 8.23. The van der Waals surface area contributed by atoms with Crippen LogP contribution in [0, 0.1) is 0 Å². The van der Waals surface area contributed by atoms with Crippen LogP contribution < -0.4 is 0 Å². The van der Waals surface area contributed by atoms with E-state index >= 15 is 0 Å². The van der Waals surface area contributed by atoms with Crippen molar-refractivity contribution in [3.8, 4) is 0 Å². The van der Waals surface area contributed by atoms with Gasteiger partial charge in [-0.1, -0.05) is 0 Å². The maximum absolute atomic E-state index is 5.52. The molecule has 0 aromatic rings. The summed E-state index contributed by atoms with van der Waals surface area (Å²) in [6.07, 6.45) is 2.44. The topological polar surface area (TPSA) is 24.9 Å². The lowest BCUT2D eigenvalue weighted by molar-refractivity contribution is -0.310. The molecule has 0 aliphatic carbocycles. The van der Waals surface area contributed by atoms with Crippen LogP contribution in [-0.2, 0) is 9.57 Å². The molecule has 2 fully saturated rings. The second-order valence-corrected chi connectivity index (χ2v) is 3.18. The molecule has 2 saturated heterocycles. The van der Waals surface area contributed by atoms with Crippen LogP contribution in [0.15, 0.2) is 0 Å². The summed E-state index contributed by atoms with van der Waals surface area (Å²) < 4.78 is 5.27. The highest BCUT2D eigenvalue weighted by Crippen LogP contribution is 2.10. The Morgan fingerprint density at radius 1 is 0.833 bits per heavy atom. The van der Waals surface area contributed by atoms with Crippen molar-refractivity contribution in [3.63, 3.8) is 0 Å². The summed E-state index contributed by atoms with van der Waals surface area (Å²) in [7, 11) is 0. The number of hydrogen-bond donors (Lipinski definition) is 0. The van der Waals surface area contributed by atoms with E-state index in [0.717, 1.165) is 39.5 Å². The number of morpholine rings is 1. The predicted octanol–water partition coefficient (Wildman–Crippen LogP) is 0.261. The molecule has 0 saturated carbocycles. The van der Waals surface area contributed by atoms with Crippen LogP contribution in [0.1, 0.15) is 12.8 Å². The van der Waals surface area contributed by atoms with Crippen molar-refractivity contribution >= 4 is 0 Å². The van der Waals surface area contributed by atoms with Gasteiger partial charge in [-0.15, -0.1) is 5.17 Å². The average Bonchev–Trinajstić information content (AvgIpc) is 2.21. The monoisotopic (exact) mass is 172 g/mol. The number of hydrogen-bond acceptors (Lipinski definition) is 4. The number of nitrogens with zero attached hydrogens (tertiary/aromatic N) is 2. The van der Waals surface area contributed by atoms with Crippen molar-refractivity contribution in [1.82, 2.24) is 10.2 Å². The molecule has 2 rings (SSSR count). The summed E-state index contributed by atoms with van der Waals surface area (Å²) in [5.41, 5.74) is 0. The molecule has 70 valence electrons. The van der Waals surface area contributed by atoms with Gasteiger partial charge in [0.15, 0.2) is 0 Å². The summed E-state index contributed by atoms with van der Waals surface area (Å²) in [6, 6.07) is 0. The van der Waals surface area contributed by atoms with Gasteiger partial charge in [0.1, 0.15) is 0 Å². The molecule has 0 radical (unpaired) electrons. The number of ether oxygens (including phenoxy) is 1. The fraction of sp³-hybridized carbons (Fsp3) is 1.00. The Labute approximate surface area is 73.0 Å². The molecule has 4 nitrogen and oxygen atoms in total. The first-order valence-corrected chi connectivity index (χ1v) is 4.70. The van der Waals surface area contributed by atoms with Crippen LogP contribution in [0.4, 0.5) is 0 Å². The Morgan fingerprint density at radius 3 is 2.33 bits per heavy atom. The van der Waals surface area contributed by atoms with E-state index in [9.17, 15) is 0 Å². The van der Waals surface area contributed by atoms with E-state index in [4.69, 9.17) is 9.57 Å². The first-order chi connectivity index (χ1) is 5.97. The average molecular weight is 172 g/mol. The molecule has 0 unspecified atom stereocenters. The number of hydrazine groups is 1. The van der Waals surface area contributed by atoms with Crippen LogP contribution >= 0.6 is 0 Å². The highest BCUT2D eigenvalue weighted by Gasteiger charge is 2.20. The Balaban J connectivity index is 1.80. The van der Waals surface area contributed by atoms with Crippen LogP contribution in [0.25, 0.3) is 0 Å². The molecule has 0 aromatic heterocycles. The van der Waals surface area contributed by atoms with Gasteiger partial charge in [-0.2, -0.15) is 0 Å². The van der Waals surface area contributed by atoms with Crippen molar-refractivity contribution in [3.05, 3.63) is 0 Å². The largest absolute Gasteiger partial charge is 0.379 e. The molecule has 12 heavy (non-hydrogen) atoms. The van der Waals surface area contributed by atoms with E-state index in [2.05, 4.69) is 5.01 Å². The summed E-state index contributed by atoms with van der Waals surface area (Å²) in [6.45, 7) is 5.52. The Kier molecular flexibility index (Phi) is 2.94. The van der Waals surface area contributed by atoms with Crippen molar-refractivity contribution in [2.45, 2.75) is 12.8 Å². The molecular formula is C8H16N2O2. The van der Waals surface area contributed by atoms with Crippen LogP contribution in [0.5, 0.6) is 0 Å². The summed E-state index contributed by atoms with van der Waals surface area (Å²) in [4.78, 5) is 5.52.